The molecule has 236 valence electrons. The Morgan fingerprint density at radius 2 is 1.21 bits per heavy atom. The van der Waals surface area contributed by atoms with Gasteiger partial charge < -0.3 is 0 Å². The second-order valence-electron chi connectivity index (χ2n) is 13.9. The molecule has 2 aromatic heterocycles. The predicted molar refractivity (Wildman–Crippen MR) is 196 cm³/mol. The van der Waals surface area contributed by atoms with Crippen LogP contribution in [0, 0.1) is 0 Å². The van der Waals surface area contributed by atoms with E-state index >= 15 is 0 Å². The molecule has 2 aliphatic rings. The smallest absolute Gasteiger partial charge is 0.137 e. The summed E-state index contributed by atoms with van der Waals surface area (Å²) in [7, 11) is 4.41. The molecule has 48 heavy (non-hydrogen) atoms. The fourth-order valence-electron chi connectivity index (χ4n) is 8.45. The Morgan fingerprint density at radius 3 is 1.94 bits per heavy atom. The lowest BCUT2D eigenvalue weighted by Crippen LogP contribution is -2.55. The van der Waals surface area contributed by atoms with E-state index in [1.807, 2.05) is 0 Å². The van der Waals surface area contributed by atoms with Crippen LogP contribution in [0.5, 0.6) is 0 Å². The monoisotopic (exact) mass is 625 g/mol. The quantitative estimate of drug-likeness (QED) is 0.212. The SMILES string of the molecule is CN1C(c2ccccc2)NC(c2ccc(-n3c4ccccc4c4cc5c(cc43)C(C)(C)c3ccccc3-5)nc2)N(C)C1c1ccccc1. The molecular formula is C43H39N5. The molecule has 0 bridgehead atoms. The summed E-state index contributed by atoms with van der Waals surface area (Å²) in [6.45, 7) is 4.69. The van der Waals surface area contributed by atoms with E-state index in [2.05, 4.69) is 187 Å². The van der Waals surface area contributed by atoms with Crippen molar-refractivity contribution in [1.29, 1.82) is 0 Å². The van der Waals surface area contributed by atoms with Crippen LogP contribution in [-0.4, -0.2) is 33.4 Å². The number of hydrogen-bond acceptors (Lipinski definition) is 4. The van der Waals surface area contributed by atoms with Crippen molar-refractivity contribution in [1.82, 2.24) is 24.7 Å². The summed E-state index contributed by atoms with van der Waals surface area (Å²) < 4.78 is 2.35. The molecule has 5 nitrogen and oxygen atoms in total. The summed E-state index contributed by atoms with van der Waals surface area (Å²) in [4.78, 5) is 10.0. The first-order chi connectivity index (χ1) is 23.4. The molecule has 0 radical (unpaired) electrons. The topological polar surface area (TPSA) is 36.3 Å². The normalized spacial score (nSPS) is 20.6. The van der Waals surface area contributed by atoms with E-state index in [9.17, 15) is 0 Å². The molecule has 1 aliphatic heterocycles. The van der Waals surface area contributed by atoms with Gasteiger partial charge in [-0.2, -0.15) is 0 Å². The first kappa shape index (κ1) is 29.1. The lowest BCUT2D eigenvalue weighted by atomic mass is 9.82. The average Bonchev–Trinajstić information content (AvgIpc) is 3.57. The number of hydrogen-bond donors (Lipinski definition) is 1. The minimum atomic E-state index is -0.0757. The number of para-hydroxylation sites is 1. The van der Waals surface area contributed by atoms with E-state index < -0.39 is 0 Å². The zero-order valence-corrected chi connectivity index (χ0v) is 27.8. The van der Waals surface area contributed by atoms with Crippen LogP contribution in [0.3, 0.4) is 0 Å². The van der Waals surface area contributed by atoms with E-state index in [0.29, 0.717) is 0 Å². The van der Waals surface area contributed by atoms with Crippen molar-refractivity contribution < 1.29 is 0 Å². The van der Waals surface area contributed by atoms with Crippen molar-refractivity contribution in [3.05, 3.63) is 167 Å². The van der Waals surface area contributed by atoms with Gasteiger partial charge in [-0.3, -0.25) is 19.7 Å². The van der Waals surface area contributed by atoms with E-state index in [1.54, 1.807) is 0 Å². The van der Waals surface area contributed by atoms with Crippen LogP contribution in [0.15, 0.2) is 140 Å². The largest absolute Gasteiger partial charge is 0.294 e. The molecular weight excluding hydrogens is 587 g/mol. The van der Waals surface area contributed by atoms with Gasteiger partial charge in [-0.05, 0) is 71.7 Å². The van der Waals surface area contributed by atoms with E-state index in [1.165, 1.54) is 55.2 Å². The number of nitrogens with one attached hydrogen (secondary N) is 1. The first-order valence-electron chi connectivity index (χ1n) is 16.9. The van der Waals surface area contributed by atoms with E-state index in [0.717, 1.165) is 11.4 Å². The van der Waals surface area contributed by atoms with Gasteiger partial charge in [-0.1, -0.05) is 123 Å². The summed E-state index contributed by atoms with van der Waals surface area (Å²) >= 11 is 0. The van der Waals surface area contributed by atoms with Crippen LogP contribution in [0.1, 0.15) is 60.2 Å². The van der Waals surface area contributed by atoms with Gasteiger partial charge in [-0.25, -0.2) is 4.98 Å². The Balaban J connectivity index is 1.15. The molecule has 1 fully saturated rings. The molecule has 5 heteroatoms. The molecule has 1 N–H and O–H groups in total. The molecule has 0 amide bonds. The van der Waals surface area contributed by atoms with Crippen LogP contribution in [0.25, 0.3) is 38.8 Å². The molecule has 9 rings (SSSR count). The number of benzene rings is 5. The van der Waals surface area contributed by atoms with Crippen LogP contribution in [0.4, 0.5) is 0 Å². The number of aromatic nitrogens is 2. The molecule has 3 atom stereocenters. The maximum absolute atomic E-state index is 5.20. The Kier molecular flexibility index (Phi) is 6.67. The van der Waals surface area contributed by atoms with Crippen LogP contribution in [-0.2, 0) is 5.41 Å². The third kappa shape index (κ3) is 4.32. The van der Waals surface area contributed by atoms with Crippen LogP contribution < -0.4 is 5.32 Å². The first-order valence-corrected chi connectivity index (χ1v) is 16.9. The molecule has 3 heterocycles. The fourth-order valence-corrected chi connectivity index (χ4v) is 8.45. The number of nitrogens with zero attached hydrogens (tertiary/aromatic N) is 4. The third-order valence-corrected chi connectivity index (χ3v) is 10.8. The van der Waals surface area contributed by atoms with Crippen molar-refractivity contribution in [2.24, 2.45) is 0 Å². The van der Waals surface area contributed by atoms with Crippen LogP contribution >= 0.6 is 0 Å². The number of rotatable bonds is 4. The second-order valence-corrected chi connectivity index (χ2v) is 13.9. The average molecular weight is 626 g/mol. The molecule has 5 aromatic carbocycles. The minimum Gasteiger partial charge on any atom is -0.294 e. The Morgan fingerprint density at radius 1 is 0.562 bits per heavy atom. The third-order valence-electron chi connectivity index (χ3n) is 10.8. The van der Waals surface area contributed by atoms with Gasteiger partial charge in [0.2, 0.25) is 0 Å². The summed E-state index contributed by atoms with van der Waals surface area (Å²) in [5.74, 6) is 0.924. The van der Waals surface area contributed by atoms with Crippen LogP contribution in [0.2, 0.25) is 0 Å². The molecule has 1 aliphatic carbocycles. The predicted octanol–water partition coefficient (Wildman–Crippen LogP) is 9.35. The van der Waals surface area contributed by atoms with Gasteiger partial charge in [0.1, 0.15) is 5.82 Å². The maximum Gasteiger partial charge on any atom is 0.137 e. The Hall–Kier alpha value is -5.07. The molecule has 7 aromatic rings. The highest BCUT2D eigenvalue weighted by Gasteiger charge is 2.39. The highest BCUT2D eigenvalue weighted by molar-refractivity contribution is 6.11. The summed E-state index contributed by atoms with van der Waals surface area (Å²) in [6, 6.07) is 48.4. The molecule has 0 spiro atoms. The fraction of sp³-hybridized carbons (Fsp3) is 0.186. The van der Waals surface area contributed by atoms with Crippen molar-refractivity contribution in [3.8, 4) is 16.9 Å². The Bertz CT molecular complexity index is 2290. The lowest BCUT2D eigenvalue weighted by Gasteiger charge is -2.50. The van der Waals surface area contributed by atoms with Crippen molar-refractivity contribution in [3.63, 3.8) is 0 Å². The molecule has 1 saturated heterocycles. The zero-order valence-electron chi connectivity index (χ0n) is 27.8. The summed E-state index contributed by atoms with van der Waals surface area (Å²) in [5.41, 5.74) is 11.4. The van der Waals surface area contributed by atoms with Gasteiger partial charge in [0.15, 0.2) is 0 Å². The molecule has 0 saturated carbocycles. The molecule has 3 unspecified atom stereocenters. The highest BCUT2D eigenvalue weighted by Crippen LogP contribution is 2.51. The van der Waals surface area contributed by atoms with Gasteiger partial charge >= 0.3 is 0 Å². The van der Waals surface area contributed by atoms with Gasteiger partial charge in [0, 0.05) is 27.9 Å². The number of pyridine rings is 1. The van der Waals surface area contributed by atoms with Gasteiger partial charge in [0.25, 0.3) is 0 Å². The summed E-state index contributed by atoms with van der Waals surface area (Å²) in [6.07, 6.45) is 2.13. The second kappa shape index (κ2) is 11.0. The van der Waals surface area contributed by atoms with Crippen molar-refractivity contribution >= 4 is 21.8 Å². The number of fused-ring (bicyclic) bond motifs is 6. The van der Waals surface area contributed by atoms with Gasteiger partial charge in [0.05, 0.1) is 29.5 Å². The Labute approximate surface area is 282 Å². The van der Waals surface area contributed by atoms with E-state index in [4.69, 9.17) is 4.98 Å². The standard InChI is InChI=1S/C43H39N5/c1-43(2)35-21-13-11-19-31(35)33-25-34-32-20-12-14-22-37(32)48(38(34)26-36(33)43)39-24-23-30(27-44-39)41-45-40(28-15-7-5-8-16-28)46(3)42(47(41)4)29-17-9-6-10-18-29/h5-27,40-42,45H,1-4H3. The zero-order chi connectivity index (χ0) is 32.6. The van der Waals surface area contributed by atoms with Gasteiger partial charge in [-0.15, -0.1) is 0 Å². The maximum atomic E-state index is 5.20. The highest BCUT2D eigenvalue weighted by atomic mass is 15.5. The van der Waals surface area contributed by atoms with Crippen molar-refractivity contribution in [2.45, 2.75) is 37.8 Å². The van der Waals surface area contributed by atoms with Crippen molar-refractivity contribution in [2.75, 3.05) is 14.1 Å². The minimum absolute atomic E-state index is 0.0317. The summed E-state index contributed by atoms with van der Waals surface area (Å²) in [5, 5.41) is 6.46. The van der Waals surface area contributed by atoms with E-state index in [-0.39, 0.29) is 23.9 Å². The lowest BCUT2D eigenvalue weighted by molar-refractivity contribution is -0.0661.